The van der Waals surface area contributed by atoms with Crippen LogP contribution < -0.4 is 0 Å². The number of fused-ring (bicyclic) bond motifs is 2. The van der Waals surface area contributed by atoms with Gasteiger partial charge in [-0.3, -0.25) is 4.79 Å². The van der Waals surface area contributed by atoms with Crippen molar-refractivity contribution >= 4 is 41.8 Å². The van der Waals surface area contributed by atoms with Gasteiger partial charge in [0.25, 0.3) is 11.2 Å². The van der Waals surface area contributed by atoms with Crippen LogP contribution in [0, 0.1) is 17.8 Å². The monoisotopic (exact) mass is 1030 g/mol. The third kappa shape index (κ3) is 15.2. The second kappa shape index (κ2) is 24.5. The Labute approximate surface area is 430 Å². The van der Waals surface area contributed by atoms with Crippen molar-refractivity contribution in [1.82, 2.24) is 0 Å². The van der Waals surface area contributed by atoms with Crippen LogP contribution in [-0.2, 0) is 92.1 Å². The molecule has 1 unspecified atom stereocenters. The summed E-state index contributed by atoms with van der Waals surface area (Å²) in [4.78, 5) is 102. The number of rotatable bonds is 20. The Kier molecular flexibility index (Phi) is 20.2. The molecule has 73 heavy (non-hydrogen) atoms. The van der Waals surface area contributed by atoms with Crippen LogP contribution in [0.2, 0.25) is 0 Å². The Bertz CT molecular complexity index is 2160. The third-order valence-electron chi connectivity index (χ3n) is 12.4. The van der Waals surface area contributed by atoms with E-state index in [0.717, 1.165) is 25.2 Å². The molecular formula is C55H80O18. The van der Waals surface area contributed by atoms with Gasteiger partial charge in [-0.05, 0) is 124 Å². The average Bonchev–Trinajstić information content (AvgIpc) is 3.51. The molecule has 0 saturated carbocycles. The lowest BCUT2D eigenvalue weighted by molar-refractivity contribution is -0.384. The number of hydrogen-bond donors (Lipinski definition) is 0. The minimum atomic E-state index is -3.63. The molecule has 0 aliphatic carbocycles. The molecule has 2 bridgehead atoms. The number of carbonyl (C=O) groups excluding carboxylic acids is 7. The van der Waals surface area contributed by atoms with Crippen LogP contribution in [-0.4, -0.2) is 120 Å². The molecule has 0 aromatic heterocycles. The third-order valence-corrected chi connectivity index (χ3v) is 12.4. The van der Waals surface area contributed by atoms with E-state index in [0.29, 0.717) is 37.2 Å². The lowest BCUT2D eigenvalue weighted by Crippen LogP contribution is -2.80. The fourth-order valence-corrected chi connectivity index (χ4v) is 9.17. The first-order chi connectivity index (χ1) is 33.8. The van der Waals surface area contributed by atoms with E-state index in [9.17, 15) is 19.2 Å². The van der Waals surface area contributed by atoms with Crippen molar-refractivity contribution in [1.29, 1.82) is 0 Å². The van der Waals surface area contributed by atoms with E-state index in [2.05, 4.69) is 13.5 Å². The highest BCUT2D eigenvalue weighted by Crippen LogP contribution is 2.60. The Morgan fingerprint density at radius 2 is 1.45 bits per heavy atom. The molecule has 0 amide bonds. The SMILES string of the molecule is C=C(CC[C@]12O[C@H](C(=O)OC(C)(C)C)[C@@](OC(=O)C(=O)OC)(C(=O)OC(C)(C)C)[C@](C(=O)OC(C)(C)C)(O1)[C@H](OC(=O)/C=C/[C@@H](C)C[C@@H](C)CC)[C@H]2OC1CCCCO1)[C@@H](OC(C)=O)[C@H](C)Cc1ccccc1. The highest BCUT2D eigenvalue weighted by atomic mass is 16.8. The van der Waals surface area contributed by atoms with Crippen molar-refractivity contribution < 1.29 is 85.7 Å². The van der Waals surface area contributed by atoms with Gasteiger partial charge in [0.1, 0.15) is 22.9 Å². The van der Waals surface area contributed by atoms with Gasteiger partial charge in [-0.2, -0.15) is 0 Å². The largest absolute Gasteiger partial charge is 0.461 e. The van der Waals surface area contributed by atoms with Crippen molar-refractivity contribution in [2.75, 3.05) is 13.7 Å². The van der Waals surface area contributed by atoms with Gasteiger partial charge in [0, 0.05) is 31.9 Å². The van der Waals surface area contributed by atoms with Crippen molar-refractivity contribution in [2.24, 2.45) is 17.8 Å². The minimum absolute atomic E-state index is 0.155. The average molecular weight is 1030 g/mol. The molecule has 1 aromatic carbocycles. The Balaban J connectivity index is 2.18. The van der Waals surface area contributed by atoms with Gasteiger partial charge < -0.3 is 52.1 Å². The molecule has 18 nitrogen and oxygen atoms in total. The standard InChI is InChI=1S/C55H80O18/c1-17-33(2)31-34(3)26-27-39(57)66-43-42(67-40-25-21-22-30-64-40)53(29-28-35(4)41(65-37(6)56)36(5)32-38-23-19-18-20-24-38)68-44(45(58)69-50(7,8)9)54(48(61)71-51(10,11)12,70-47(60)46(59)63-16)55(43,73-53)49(62)72-52(13,14)15/h18-20,23-24,26-27,33-34,36,40-44H,4,17,21-22,25,28-32H2,1-3,5-16H3/b27-26+/t33-,34+,36+,40?,41+,42+,43+,44+,53-,54+,55-/m0/s1. The fourth-order valence-electron chi connectivity index (χ4n) is 9.17. The maximum atomic E-state index is 15.9. The summed E-state index contributed by atoms with van der Waals surface area (Å²) in [6.45, 7) is 27.1. The van der Waals surface area contributed by atoms with Crippen LogP contribution in [0.5, 0.6) is 0 Å². The summed E-state index contributed by atoms with van der Waals surface area (Å²) >= 11 is 0. The van der Waals surface area contributed by atoms with E-state index >= 15 is 14.4 Å². The highest BCUT2D eigenvalue weighted by molar-refractivity contribution is 6.30. The van der Waals surface area contributed by atoms with Gasteiger partial charge in [-0.25, -0.2) is 28.8 Å². The van der Waals surface area contributed by atoms with E-state index in [1.165, 1.54) is 69.2 Å². The summed E-state index contributed by atoms with van der Waals surface area (Å²) in [7, 11) is 0.858. The van der Waals surface area contributed by atoms with Crippen LogP contribution in [0.15, 0.2) is 54.6 Å². The molecule has 3 heterocycles. The van der Waals surface area contributed by atoms with Crippen LogP contribution >= 0.6 is 0 Å². The van der Waals surface area contributed by atoms with Crippen LogP contribution in [0.25, 0.3) is 0 Å². The van der Waals surface area contributed by atoms with Crippen LogP contribution in [0.3, 0.4) is 0 Å². The highest BCUT2D eigenvalue weighted by Gasteiger charge is 2.89. The van der Waals surface area contributed by atoms with E-state index in [1.807, 2.05) is 51.1 Å². The zero-order valence-electron chi connectivity index (χ0n) is 45.6. The summed E-state index contributed by atoms with van der Waals surface area (Å²) < 4.78 is 67.9. The molecule has 408 valence electrons. The fraction of sp³-hybridized carbons (Fsp3) is 0.691. The first kappa shape index (κ1) is 60.4. The number of esters is 7. The maximum Gasteiger partial charge on any atom is 0.418 e. The number of ether oxygens (including phenoxy) is 11. The molecule has 3 fully saturated rings. The first-order valence-electron chi connectivity index (χ1n) is 25.3. The van der Waals surface area contributed by atoms with Crippen molar-refractivity contribution in [3.8, 4) is 0 Å². The molecule has 4 rings (SSSR count). The maximum absolute atomic E-state index is 15.9. The van der Waals surface area contributed by atoms with Crippen molar-refractivity contribution in [3.05, 3.63) is 60.2 Å². The number of benzene rings is 1. The smallest absolute Gasteiger partial charge is 0.418 e. The normalized spacial score (nSPS) is 26.8. The number of carbonyl (C=O) groups is 7. The van der Waals surface area contributed by atoms with Crippen LogP contribution in [0.4, 0.5) is 0 Å². The topological polar surface area (TPSA) is 221 Å². The molecule has 0 spiro atoms. The second-order valence-corrected chi connectivity index (χ2v) is 22.5. The number of hydrogen-bond acceptors (Lipinski definition) is 18. The number of methoxy groups -OCH3 is 1. The first-order valence-corrected chi connectivity index (χ1v) is 25.3. The predicted octanol–water partition coefficient (Wildman–Crippen LogP) is 7.93. The second-order valence-electron chi connectivity index (χ2n) is 22.5. The van der Waals surface area contributed by atoms with Crippen LogP contribution in [0.1, 0.15) is 147 Å². The van der Waals surface area contributed by atoms with E-state index in [4.69, 9.17) is 52.1 Å². The van der Waals surface area contributed by atoms with Gasteiger partial charge in [0.15, 0.2) is 18.5 Å². The summed E-state index contributed by atoms with van der Waals surface area (Å²) in [6, 6.07) is 9.51. The van der Waals surface area contributed by atoms with Gasteiger partial charge in [-0.1, -0.05) is 77.1 Å². The van der Waals surface area contributed by atoms with E-state index in [-0.39, 0.29) is 31.3 Å². The number of allylic oxidation sites excluding steroid dienone is 1. The van der Waals surface area contributed by atoms with Gasteiger partial charge in [0.05, 0.1) is 7.11 Å². The molecule has 0 radical (unpaired) electrons. The molecule has 3 saturated heterocycles. The molecule has 18 heteroatoms. The molecule has 3 aliphatic heterocycles. The van der Waals surface area contributed by atoms with Gasteiger partial charge in [-0.15, -0.1) is 0 Å². The Morgan fingerprint density at radius 3 is 2.00 bits per heavy atom. The Morgan fingerprint density at radius 1 is 0.836 bits per heavy atom. The summed E-state index contributed by atoms with van der Waals surface area (Å²) in [5.74, 6) is -12.7. The van der Waals surface area contributed by atoms with Crippen molar-refractivity contribution in [2.45, 2.75) is 213 Å². The Hall–Kier alpha value is -5.17. The zero-order chi connectivity index (χ0) is 54.9. The summed E-state index contributed by atoms with van der Waals surface area (Å²) in [6.07, 6.45) is -3.15. The molecule has 0 N–H and O–H groups in total. The lowest BCUT2D eigenvalue weighted by atomic mass is 9.73. The minimum Gasteiger partial charge on any atom is -0.461 e. The molecular weight excluding hydrogens is 949 g/mol. The predicted molar refractivity (Wildman–Crippen MR) is 264 cm³/mol. The summed E-state index contributed by atoms with van der Waals surface area (Å²) in [5, 5.41) is 0. The lowest BCUT2D eigenvalue weighted by Gasteiger charge is -2.52. The quantitative estimate of drug-likeness (QED) is 0.0398. The zero-order valence-corrected chi connectivity index (χ0v) is 45.6. The summed E-state index contributed by atoms with van der Waals surface area (Å²) in [5.41, 5.74) is -10.1. The van der Waals surface area contributed by atoms with Crippen molar-refractivity contribution in [3.63, 3.8) is 0 Å². The molecule has 3 aliphatic rings. The van der Waals surface area contributed by atoms with Gasteiger partial charge >= 0.3 is 41.8 Å². The molecule has 1 aromatic rings. The molecule has 11 atom stereocenters. The van der Waals surface area contributed by atoms with E-state index < -0.39 is 113 Å². The van der Waals surface area contributed by atoms with Gasteiger partial charge in [0.2, 0.25) is 11.9 Å². The van der Waals surface area contributed by atoms with E-state index in [1.54, 1.807) is 6.08 Å².